The van der Waals surface area contributed by atoms with Crippen molar-refractivity contribution in [2.45, 2.75) is 26.1 Å². The minimum atomic E-state index is -2.94. The number of ether oxygens (including phenoxy) is 1. The molecule has 0 aromatic heterocycles. The van der Waals surface area contributed by atoms with Crippen molar-refractivity contribution in [1.82, 2.24) is 5.32 Å². The Kier molecular flexibility index (Phi) is 5.30. The molecule has 0 bridgehead atoms. The van der Waals surface area contributed by atoms with Gasteiger partial charge >= 0.3 is 12.6 Å². The summed E-state index contributed by atoms with van der Waals surface area (Å²) in [6.07, 6.45) is 0. The van der Waals surface area contributed by atoms with Gasteiger partial charge in [-0.2, -0.15) is 8.78 Å². The molecule has 0 heterocycles. The van der Waals surface area contributed by atoms with Gasteiger partial charge in [-0.05, 0) is 25.1 Å². The largest absolute Gasteiger partial charge is 0.480 e. The van der Waals surface area contributed by atoms with E-state index >= 15 is 0 Å². The lowest BCUT2D eigenvalue weighted by Crippen LogP contribution is -2.33. The molecule has 7 heteroatoms. The van der Waals surface area contributed by atoms with E-state index in [1.165, 1.54) is 25.1 Å². The monoisotopic (exact) mass is 279 g/mol. The fourth-order valence-electron chi connectivity index (χ4n) is 1.25. The molecule has 0 amide bonds. The third kappa shape index (κ3) is 4.46. The fourth-order valence-corrected chi connectivity index (χ4v) is 1.44. The van der Waals surface area contributed by atoms with Crippen LogP contribution in [-0.2, 0) is 11.3 Å². The van der Waals surface area contributed by atoms with Crippen LogP contribution in [0.4, 0.5) is 8.78 Å². The minimum absolute atomic E-state index is 0.0283. The molecule has 0 aliphatic rings. The number of alkyl halides is 2. The SMILES string of the molecule is CC(NCc1cc(Cl)ccc1OC(F)F)C(=O)O. The van der Waals surface area contributed by atoms with Crippen molar-refractivity contribution in [2.24, 2.45) is 0 Å². The smallest absolute Gasteiger partial charge is 0.387 e. The van der Waals surface area contributed by atoms with Crippen LogP contribution in [-0.4, -0.2) is 23.7 Å². The van der Waals surface area contributed by atoms with Crippen molar-refractivity contribution < 1.29 is 23.4 Å². The molecule has 0 aliphatic heterocycles. The van der Waals surface area contributed by atoms with Crippen molar-refractivity contribution in [3.8, 4) is 5.75 Å². The van der Waals surface area contributed by atoms with Gasteiger partial charge in [-0.1, -0.05) is 11.6 Å². The van der Waals surface area contributed by atoms with Crippen LogP contribution < -0.4 is 10.1 Å². The Morgan fingerprint density at radius 1 is 1.56 bits per heavy atom. The molecule has 0 aliphatic carbocycles. The summed E-state index contributed by atoms with van der Waals surface area (Å²) in [5.41, 5.74) is 0.371. The average molecular weight is 280 g/mol. The van der Waals surface area contributed by atoms with Gasteiger partial charge in [0.25, 0.3) is 0 Å². The van der Waals surface area contributed by atoms with E-state index in [9.17, 15) is 13.6 Å². The lowest BCUT2D eigenvalue weighted by Gasteiger charge is -2.13. The molecular weight excluding hydrogens is 268 g/mol. The van der Waals surface area contributed by atoms with E-state index in [1.54, 1.807) is 0 Å². The highest BCUT2D eigenvalue weighted by Gasteiger charge is 2.13. The van der Waals surface area contributed by atoms with E-state index in [2.05, 4.69) is 10.1 Å². The molecule has 18 heavy (non-hydrogen) atoms. The standard InChI is InChI=1S/C11H12ClF2NO3/c1-6(10(16)17)15-5-7-4-8(12)2-3-9(7)18-11(13)14/h2-4,6,11,15H,5H2,1H3,(H,16,17). The van der Waals surface area contributed by atoms with Gasteiger partial charge in [0, 0.05) is 17.1 Å². The predicted molar refractivity (Wildman–Crippen MR) is 62.0 cm³/mol. The zero-order valence-electron chi connectivity index (χ0n) is 9.49. The van der Waals surface area contributed by atoms with Crippen molar-refractivity contribution >= 4 is 17.6 Å². The number of carboxylic acids is 1. The Hall–Kier alpha value is -1.40. The van der Waals surface area contributed by atoms with Gasteiger partial charge in [-0.15, -0.1) is 0 Å². The molecule has 1 rings (SSSR count). The van der Waals surface area contributed by atoms with E-state index in [1.807, 2.05) is 0 Å². The molecular formula is C11H12ClF2NO3. The quantitative estimate of drug-likeness (QED) is 0.840. The van der Waals surface area contributed by atoms with Gasteiger partial charge in [0.15, 0.2) is 0 Å². The zero-order valence-corrected chi connectivity index (χ0v) is 10.2. The third-order valence-corrected chi connectivity index (χ3v) is 2.44. The number of carboxylic acid groups (broad SMARTS) is 1. The van der Waals surface area contributed by atoms with Crippen molar-refractivity contribution in [3.05, 3.63) is 28.8 Å². The number of hydrogen-bond acceptors (Lipinski definition) is 3. The number of nitrogens with one attached hydrogen (secondary N) is 1. The first-order chi connectivity index (χ1) is 8.40. The van der Waals surface area contributed by atoms with E-state index in [-0.39, 0.29) is 12.3 Å². The van der Waals surface area contributed by atoms with Crippen LogP contribution in [0.25, 0.3) is 0 Å². The molecule has 0 fully saturated rings. The maximum Gasteiger partial charge on any atom is 0.387 e. The predicted octanol–water partition coefficient (Wildman–Crippen LogP) is 2.50. The third-order valence-electron chi connectivity index (χ3n) is 2.21. The maximum atomic E-state index is 12.2. The van der Waals surface area contributed by atoms with Crippen molar-refractivity contribution in [2.75, 3.05) is 0 Å². The highest BCUT2D eigenvalue weighted by atomic mass is 35.5. The van der Waals surface area contributed by atoms with Crippen molar-refractivity contribution in [3.63, 3.8) is 0 Å². The molecule has 100 valence electrons. The summed E-state index contributed by atoms with van der Waals surface area (Å²) in [7, 11) is 0. The Bertz CT molecular complexity index is 429. The molecule has 0 radical (unpaired) electrons. The normalized spacial score (nSPS) is 12.5. The summed E-state index contributed by atoms with van der Waals surface area (Å²) in [4.78, 5) is 10.6. The van der Waals surface area contributed by atoms with Crippen LogP contribution >= 0.6 is 11.6 Å². The summed E-state index contributed by atoms with van der Waals surface area (Å²) < 4.78 is 28.6. The summed E-state index contributed by atoms with van der Waals surface area (Å²) in [6.45, 7) is -1.43. The van der Waals surface area contributed by atoms with Gasteiger partial charge < -0.3 is 15.2 Å². The molecule has 1 aromatic carbocycles. The van der Waals surface area contributed by atoms with Gasteiger partial charge in [0.1, 0.15) is 11.8 Å². The van der Waals surface area contributed by atoms with Crippen molar-refractivity contribution in [1.29, 1.82) is 0 Å². The highest BCUT2D eigenvalue weighted by Crippen LogP contribution is 2.24. The van der Waals surface area contributed by atoms with Gasteiger partial charge in [0.2, 0.25) is 0 Å². The van der Waals surface area contributed by atoms with Crippen LogP contribution in [0, 0.1) is 0 Å². The number of rotatable bonds is 6. The van der Waals surface area contributed by atoms with Gasteiger partial charge in [-0.25, -0.2) is 0 Å². The fraction of sp³-hybridized carbons (Fsp3) is 0.364. The second-order valence-corrected chi connectivity index (χ2v) is 4.01. The first-order valence-corrected chi connectivity index (χ1v) is 5.47. The lowest BCUT2D eigenvalue weighted by molar-refractivity contribution is -0.139. The average Bonchev–Trinajstić information content (AvgIpc) is 2.28. The minimum Gasteiger partial charge on any atom is -0.480 e. The molecule has 0 spiro atoms. The second-order valence-electron chi connectivity index (χ2n) is 3.57. The van der Waals surface area contributed by atoms with Crippen LogP contribution in [0.2, 0.25) is 5.02 Å². The summed E-state index contributed by atoms with van der Waals surface area (Å²) in [5, 5.41) is 11.7. The van der Waals surface area contributed by atoms with Crippen LogP contribution in [0.3, 0.4) is 0 Å². The maximum absolute atomic E-state index is 12.2. The number of halogens is 3. The molecule has 0 saturated carbocycles. The molecule has 4 nitrogen and oxygen atoms in total. The molecule has 2 N–H and O–H groups in total. The van der Waals surface area contributed by atoms with E-state index in [0.717, 1.165) is 0 Å². The van der Waals surface area contributed by atoms with E-state index < -0.39 is 18.6 Å². The Morgan fingerprint density at radius 3 is 2.78 bits per heavy atom. The Morgan fingerprint density at radius 2 is 2.22 bits per heavy atom. The first-order valence-electron chi connectivity index (χ1n) is 5.09. The number of hydrogen-bond donors (Lipinski definition) is 2. The zero-order chi connectivity index (χ0) is 13.7. The molecule has 1 atom stereocenters. The second kappa shape index (κ2) is 6.51. The molecule has 0 saturated heterocycles. The van der Waals surface area contributed by atoms with E-state index in [4.69, 9.17) is 16.7 Å². The van der Waals surface area contributed by atoms with Crippen LogP contribution in [0.5, 0.6) is 5.75 Å². The first kappa shape index (κ1) is 14.7. The topological polar surface area (TPSA) is 58.6 Å². The molecule has 1 aromatic rings. The summed E-state index contributed by atoms with van der Waals surface area (Å²) in [5.74, 6) is -1.06. The Balaban J connectivity index is 2.78. The van der Waals surface area contributed by atoms with Gasteiger partial charge in [0.05, 0.1) is 0 Å². The number of benzene rings is 1. The summed E-state index contributed by atoms with van der Waals surface area (Å²) >= 11 is 5.74. The Labute approximate surface area is 108 Å². The van der Waals surface area contributed by atoms with E-state index in [0.29, 0.717) is 10.6 Å². The van der Waals surface area contributed by atoms with Crippen LogP contribution in [0.15, 0.2) is 18.2 Å². The number of aliphatic carboxylic acids is 1. The van der Waals surface area contributed by atoms with Gasteiger partial charge in [-0.3, -0.25) is 4.79 Å². The summed E-state index contributed by atoms with van der Waals surface area (Å²) in [6, 6.07) is 3.38. The van der Waals surface area contributed by atoms with Crippen LogP contribution in [0.1, 0.15) is 12.5 Å². The highest BCUT2D eigenvalue weighted by molar-refractivity contribution is 6.30. The lowest BCUT2D eigenvalue weighted by atomic mass is 10.2. The number of carbonyl (C=O) groups is 1. The molecule has 1 unspecified atom stereocenters.